The Morgan fingerprint density at radius 1 is 0.404 bits per heavy atom. The summed E-state index contributed by atoms with van der Waals surface area (Å²) in [6.45, 7) is 0. The lowest BCUT2D eigenvalue weighted by molar-refractivity contribution is 0.739. The molecule has 1 aliphatic rings. The Hall–Kier alpha value is -7.56. The van der Waals surface area contributed by atoms with E-state index < -0.39 is 5.41 Å². The van der Waals surface area contributed by atoms with E-state index >= 15 is 0 Å². The van der Waals surface area contributed by atoms with Gasteiger partial charge >= 0.3 is 0 Å². The summed E-state index contributed by atoms with van der Waals surface area (Å²) in [5.74, 6) is 0.627. The van der Waals surface area contributed by atoms with Crippen LogP contribution in [0, 0.1) is 0 Å². The molecule has 0 amide bonds. The van der Waals surface area contributed by atoms with Crippen LogP contribution in [0.4, 0.5) is 17.1 Å². The molecule has 0 spiro atoms. The highest BCUT2D eigenvalue weighted by Gasteiger charge is 2.48. The number of anilines is 3. The first-order valence-corrected chi connectivity index (χ1v) is 19.4. The van der Waals surface area contributed by atoms with Crippen molar-refractivity contribution in [1.29, 1.82) is 0 Å². The van der Waals surface area contributed by atoms with Crippen molar-refractivity contribution in [3.8, 4) is 28.5 Å². The summed E-state index contributed by atoms with van der Waals surface area (Å²) in [5, 5.41) is 2.31. The van der Waals surface area contributed by atoms with E-state index in [1.165, 1.54) is 27.6 Å². The molecule has 0 bridgehead atoms. The van der Waals surface area contributed by atoms with Gasteiger partial charge in [0.2, 0.25) is 5.95 Å². The molecular formula is C53H36N4. The maximum Gasteiger partial charge on any atom is 0.235 e. The predicted molar refractivity (Wildman–Crippen MR) is 234 cm³/mol. The molecule has 0 fully saturated rings. The molecule has 0 unspecified atom stereocenters. The third-order valence-electron chi connectivity index (χ3n) is 11.5. The van der Waals surface area contributed by atoms with E-state index in [2.05, 4.69) is 216 Å². The van der Waals surface area contributed by atoms with Crippen molar-refractivity contribution in [3.63, 3.8) is 0 Å². The summed E-state index contributed by atoms with van der Waals surface area (Å²) in [5.41, 5.74) is 13.5. The molecule has 8 aromatic carbocycles. The van der Waals surface area contributed by atoms with Gasteiger partial charge in [-0.3, -0.25) is 4.57 Å². The van der Waals surface area contributed by atoms with Crippen LogP contribution in [0.25, 0.3) is 50.3 Å². The van der Waals surface area contributed by atoms with Crippen LogP contribution in [0.15, 0.2) is 218 Å². The highest BCUT2D eigenvalue weighted by atomic mass is 15.2. The van der Waals surface area contributed by atoms with Gasteiger partial charge in [-0.25, -0.2) is 9.97 Å². The molecule has 0 atom stereocenters. The van der Waals surface area contributed by atoms with E-state index in [1.807, 2.05) is 12.1 Å². The first kappa shape index (κ1) is 32.8. The van der Waals surface area contributed by atoms with Gasteiger partial charge in [-0.15, -0.1) is 0 Å². The predicted octanol–water partition coefficient (Wildman–Crippen LogP) is 13.1. The quantitative estimate of drug-likeness (QED) is 0.171. The molecule has 0 aliphatic carbocycles. The van der Waals surface area contributed by atoms with Crippen LogP contribution >= 0.6 is 0 Å². The molecule has 268 valence electrons. The molecule has 11 rings (SSSR count). The number of hydrogen-bond acceptors (Lipinski definition) is 3. The van der Waals surface area contributed by atoms with Crippen LogP contribution in [0.1, 0.15) is 22.3 Å². The summed E-state index contributed by atoms with van der Waals surface area (Å²) in [6.07, 6.45) is 0. The van der Waals surface area contributed by atoms with Gasteiger partial charge < -0.3 is 4.90 Å². The number of nitrogens with zero attached hydrogens (tertiary/aromatic N) is 4. The van der Waals surface area contributed by atoms with E-state index in [-0.39, 0.29) is 0 Å². The molecule has 0 saturated heterocycles. The number of benzene rings is 8. The van der Waals surface area contributed by atoms with Gasteiger partial charge in [0.1, 0.15) is 0 Å². The van der Waals surface area contributed by atoms with E-state index in [9.17, 15) is 0 Å². The highest BCUT2D eigenvalue weighted by molar-refractivity contribution is 6.15. The lowest BCUT2D eigenvalue weighted by Crippen LogP contribution is -2.38. The zero-order valence-corrected chi connectivity index (χ0v) is 31.1. The maximum atomic E-state index is 5.38. The average Bonchev–Trinajstić information content (AvgIpc) is 3.64. The van der Waals surface area contributed by atoms with Crippen molar-refractivity contribution in [3.05, 3.63) is 241 Å². The van der Waals surface area contributed by atoms with Gasteiger partial charge in [0.05, 0.1) is 39.2 Å². The molecule has 10 aromatic rings. The minimum atomic E-state index is -0.684. The minimum Gasteiger partial charge on any atom is -0.310 e. The fraction of sp³-hybridized carbons (Fsp3) is 0.0189. The molecule has 0 N–H and O–H groups in total. The topological polar surface area (TPSA) is 34.0 Å². The smallest absolute Gasteiger partial charge is 0.235 e. The van der Waals surface area contributed by atoms with Crippen molar-refractivity contribution >= 4 is 38.9 Å². The zero-order valence-electron chi connectivity index (χ0n) is 31.1. The van der Waals surface area contributed by atoms with Crippen molar-refractivity contribution in [1.82, 2.24) is 14.5 Å². The number of aromatic nitrogens is 3. The number of hydrogen-bond donors (Lipinski definition) is 0. The molecule has 1 aliphatic heterocycles. The number of fused-ring (bicyclic) bond motifs is 6. The SMILES string of the molecule is c1ccc(-c2cc(-c3ccccc3)nc(-n3c4ccccc4c4c5c(ccc43)N(c3ccccc3)c3ccccc3C5(c3ccccc3)c3ccccc3)n2)cc1. The fourth-order valence-electron chi connectivity index (χ4n) is 9.13. The highest BCUT2D eigenvalue weighted by Crippen LogP contribution is 2.60. The van der Waals surface area contributed by atoms with Crippen LogP contribution in [0.5, 0.6) is 0 Å². The normalized spacial score (nSPS) is 13.0. The van der Waals surface area contributed by atoms with Gasteiger partial charge in [-0.1, -0.05) is 176 Å². The van der Waals surface area contributed by atoms with E-state index in [4.69, 9.17) is 9.97 Å². The van der Waals surface area contributed by atoms with Crippen LogP contribution in [-0.2, 0) is 5.41 Å². The van der Waals surface area contributed by atoms with E-state index in [1.54, 1.807) is 0 Å². The Bertz CT molecular complexity index is 2950. The van der Waals surface area contributed by atoms with Crippen LogP contribution in [0.3, 0.4) is 0 Å². The van der Waals surface area contributed by atoms with Crippen LogP contribution < -0.4 is 4.90 Å². The van der Waals surface area contributed by atoms with Crippen molar-refractivity contribution in [2.45, 2.75) is 5.41 Å². The second-order valence-electron chi connectivity index (χ2n) is 14.5. The first-order chi connectivity index (χ1) is 28.3. The lowest BCUT2D eigenvalue weighted by Gasteiger charge is -2.47. The number of rotatable bonds is 6. The molecule has 0 radical (unpaired) electrons. The van der Waals surface area contributed by atoms with Crippen molar-refractivity contribution in [2.24, 2.45) is 0 Å². The average molecular weight is 729 g/mol. The summed E-state index contributed by atoms with van der Waals surface area (Å²) in [6, 6.07) is 78.0. The Kier molecular flexibility index (Phi) is 7.68. The van der Waals surface area contributed by atoms with Crippen LogP contribution in [-0.4, -0.2) is 14.5 Å². The molecule has 4 heteroatoms. The Balaban J connectivity index is 1.32. The Labute approximate surface area is 331 Å². The zero-order chi connectivity index (χ0) is 37.8. The molecule has 57 heavy (non-hydrogen) atoms. The van der Waals surface area contributed by atoms with Crippen molar-refractivity contribution in [2.75, 3.05) is 4.90 Å². The fourth-order valence-corrected chi connectivity index (χ4v) is 9.13. The summed E-state index contributed by atoms with van der Waals surface area (Å²) in [7, 11) is 0. The standard InChI is InChI=1S/C53H36N4/c1-6-20-37(21-7-1)44-36-45(38-22-8-2-9-23-38)55-52(54-44)57-46-32-18-16-30-42(46)50-48(57)34-35-49-51(50)53(39-24-10-3-11-25-39,40-26-12-4-13-27-40)43-31-17-19-33-47(43)56(49)41-28-14-5-15-29-41/h1-36H. The minimum absolute atomic E-state index is 0.627. The van der Waals surface area contributed by atoms with Gasteiger partial charge in [0, 0.05) is 33.2 Å². The summed E-state index contributed by atoms with van der Waals surface area (Å²) >= 11 is 0. The van der Waals surface area contributed by atoms with Crippen LogP contribution in [0.2, 0.25) is 0 Å². The Morgan fingerprint density at radius 2 is 0.912 bits per heavy atom. The lowest BCUT2D eigenvalue weighted by atomic mass is 9.61. The summed E-state index contributed by atoms with van der Waals surface area (Å²) < 4.78 is 2.28. The van der Waals surface area contributed by atoms with E-state index in [0.29, 0.717) is 5.95 Å². The number of para-hydroxylation sites is 3. The largest absolute Gasteiger partial charge is 0.310 e. The molecule has 3 heterocycles. The van der Waals surface area contributed by atoms with Crippen molar-refractivity contribution < 1.29 is 0 Å². The monoisotopic (exact) mass is 728 g/mol. The third-order valence-corrected chi connectivity index (χ3v) is 11.5. The molecule has 4 nitrogen and oxygen atoms in total. The second kappa shape index (κ2) is 13.3. The Morgan fingerprint density at radius 3 is 1.53 bits per heavy atom. The first-order valence-electron chi connectivity index (χ1n) is 19.4. The van der Waals surface area contributed by atoms with Gasteiger partial charge in [0.15, 0.2) is 0 Å². The second-order valence-corrected chi connectivity index (χ2v) is 14.5. The maximum absolute atomic E-state index is 5.38. The third kappa shape index (κ3) is 5.08. The van der Waals surface area contributed by atoms with E-state index in [0.717, 1.165) is 56.0 Å². The molecule has 0 saturated carbocycles. The van der Waals surface area contributed by atoms with Gasteiger partial charge in [-0.2, -0.15) is 0 Å². The van der Waals surface area contributed by atoms with Gasteiger partial charge in [0.25, 0.3) is 0 Å². The molecular weight excluding hydrogens is 693 g/mol. The summed E-state index contributed by atoms with van der Waals surface area (Å²) in [4.78, 5) is 13.2. The molecule has 2 aromatic heterocycles. The van der Waals surface area contributed by atoms with Gasteiger partial charge in [-0.05, 0) is 59.2 Å².